The zero-order chi connectivity index (χ0) is 26.3. The van der Waals surface area contributed by atoms with Gasteiger partial charge in [0, 0.05) is 13.7 Å². The van der Waals surface area contributed by atoms with Crippen molar-refractivity contribution in [1.82, 2.24) is 5.32 Å². The van der Waals surface area contributed by atoms with Crippen LogP contribution >= 0.6 is 0 Å². The van der Waals surface area contributed by atoms with Crippen LogP contribution in [0.5, 0.6) is 0 Å². The van der Waals surface area contributed by atoms with Gasteiger partial charge in [0.1, 0.15) is 6.79 Å². The molecule has 0 atom stereocenters. The van der Waals surface area contributed by atoms with E-state index in [0.29, 0.717) is 18.7 Å². The molecule has 2 aromatic rings. The zero-order valence-corrected chi connectivity index (χ0v) is 19.7. The molecule has 0 aliphatic carbocycles. The molecule has 10 nitrogen and oxygen atoms in total. The number of ether oxygens (including phenoxy) is 3. The predicted octanol–water partition coefficient (Wildman–Crippen LogP) is 2.47. The molecule has 0 saturated carbocycles. The van der Waals surface area contributed by atoms with Crippen LogP contribution in [0.4, 0.5) is 0 Å². The maximum Gasteiger partial charge on any atom is 0.386 e. The number of nitrogens with one attached hydrogen (secondary N) is 1. The number of carbonyl (C=O) groups excluding carboxylic acids is 2. The van der Waals surface area contributed by atoms with E-state index in [4.69, 9.17) is 33.0 Å². The normalized spacial score (nSPS) is 8.91. The third kappa shape index (κ3) is 16.1. The fourth-order valence-electron chi connectivity index (χ4n) is 2.14. The highest BCUT2D eigenvalue weighted by molar-refractivity contribution is 5.79. The van der Waals surface area contributed by atoms with E-state index in [2.05, 4.69) is 19.7 Å². The summed E-state index contributed by atoms with van der Waals surface area (Å²) >= 11 is 0. The summed E-state index contributed by atoms with van der Waals surface area (Å²) in [5.74, 6) is -0.729. The molecule has 0 aromatic heterocycles. The van der Waals surface area contributed by atoms with Gasteiger partial charge in [0.25, 0.3) is 12.5 Å². The van der Waals surface area contributed by atoms with Gasteiger partial charge in [-0.15, -0.1) is 0 Å². The summed E-state index contributed by atoms with van der Waals surface area (Å²) in [6.07, 6.45) is 0. The number of esters is 1. The van der Waals surface area contributed by atoms with Crippen LogP contribution in [-0.2, 0) is 43.6 Å². The maximum absolute atomic E-state index is 11.1. The summed E-state index contributed by atoms with van der Waals surface area (Å²) < 4.78 is 14.1. The summed E-state index contributed by atoms with van der Waals surface area (Å²) in [5, 5.41) is 19.7. The lowest BCUT2D eigenvalue weighted by Crippen LogP contribution is -2.24. The molecule has 0 radical (unpaired) electrons. The number of nitrogens with zero attached hydrogens (tertiary/aromatic N) is 3. The van der Waals surface area contributed by atoms with Crippen LogP contribution in [0, 0.1) is 24.5 Å². The van der Waals surface area contributed by atoms with Crippen molar-refractivity contribution in [2.75, 3.05) is 34.1 Å². The first-order chi connectivity index (χ1) is 16.9. The van der Waals surface area contributed by atoms with Crippen molar-refractivity contribution in [3.8, 4) is 6.07 Å². The lowest BCUT2D eigenvalue weighted by Gasteiger charge is -2.05. The molecule has 0 unspecified atom stereocenters. The second-order valence-corrected chi connectivity index (χ2v) is 6.52. The molecule has 2 aromatic carbocycles. The minimum atomic E-state index is -0.477. The SMILES string of the molecule is N#Cc1ccc(CO)cc1.[C-]#[N+]CC(=O)NCc1ccc(COCOC)cc1.[C-]#[N+]CC(=O)OC. The highest BCUT2D eigenvalue weighted by atomic mass is 16.7. The molecule has 184 valence electrons. The van der Waals surface area contributed by atoms with E-state index in [1.807, 2.05) is 30.3 Å². The summed E-state index contributed by atoms with van der Waals surface area (Å²) in [6, 6.07) is 16.6. The lowest BCUT2D eigenvalue weighted by molar-refractivity contribution is -0.138. The van der Waals surface area contributed by atoms with Crippen molar-refractivity contribution in [2.24, 2.45) is 0 Å². The Labute approximate surface area is 205 Å². The van der Waals surface area contributed by atoms with Crippen LogP contribution in [-0.4, -0.2) is 51.1 Å². The Kier molecular flexibility index (Phi) is 17.9. The summed E-state index contributed by atoms with van der Waals surface area (Å²) in [4.78, 5) is 26.9. The number of benzene rings is 2. The molecule has 0 bridgehead atoms. The Balaban J connectivity index is 0.000000569. The third-order valence-corrected chi connectivity index (χ3v) is 3.91. The van der Waals surface area contributed by atoms with E-state index in [-0.39, 0.29) is 32.4 Å². The minimum absolute atomic E-state index is 0.0334. The van der Waals surface area contributed by atoms with Gasteiger partial charge in [-0.25, -0.2) is 17.9 Å². The van der Waals surface area contributed by atoms with Crippen molar-refractivity contribution >= 4 is 11.9 Å². The number of methoxy groups -OCH3 is 2. The van der Waals surface area contributed by atoms with Gasteiger partial charge in [0.15, 0.2) is 0 Å². The van der Waals surface area contributed by atoms with Crippen molar-refractivity contribution in [3.63, 3.8) is 0 Å². The predicted molar refractivity (Wildman–Crippen MR) is 127 cm³/mol. The Morgan fingerprint density at radius 1 is 0.971 bits per heavy atom. The molecule has 35 heavy (non-hydrogen) atoms. The van der Waals surface area contributed by atoms with Gasteiger partial charge in [0.05, 0.1) is 32.0 Å². The summed E-state index contributed by atoms with van der Waals surface area (Å²) in [5.41, 5.74) is 3.49. The first kappa shape index (κ1) is 30.7. The van der Waals surface area contributed by atoms with Crippen molar-refractivity contribution in [1.29, 1.82) is 5.26 Å². The fraction of sp³-hybridized carbons (Fsp3) is 0.320. The average Bonchev–Trinajstić information content (AvgIpc) is 2.89. The van der Waals surface area contributed by atoms with Gasteiger partial charge in [-0.2, -0.15) is 5.26 Å². The Morgan fingerprint density at radius 3 is 2.00 bits per heavy atom. The molecule has 2 N–H and O–H groups in total. The molecule has 0 heterocycles. The number of hydrogen-bond acceptors (Lipinski definition) is 7. The molecule has 0 saturated heterocycles. The summed E-state index contributed by atoms with van der Waals surface area (Å²) in [7, 11) is 2.84. The number of nitriles is 1. The maximum atomic E-state index is 11.1. The van der Waals surface area contributed by atoms with Crippen molar-refractivity contribution < 1.29 is 28.9 Å². The number of hydrogen-bond donors (Lipinski definition) is 2. The van der Waals surface area contributed by atoms with Crippen molar-refractivity contribution in [2.45, 2.75) is 19.8 Å². The van der Waals surface area contributed by atoms with E-state index < -0.39 is 5.97 Å². The Bertz CT molecular complexity index is 1000. The highest BCUT2D eigenvalue weighted by Crippen LogP contribution is 2.06. The second kappa shape index (κ2) is 20.3. The van der Waals surface area contributed by atoms with Gasteiger partial charge in [0.2, 0.25) is 0 Å². The number of aliphatic hydroxyl groups excluding tert-OH is 1. The molecule has 10 heteroatoms. The van der Waals surface area contributed by atoms with Gasteiger partial charge in [-0.1, -0.05) is 36.4 Å². The molecule has 0 fully saturated rings. The Hall–Kier alpha value is -4.27. The first-order valence-corrected chi connectivity index (χ1v) is 10.2. The van der Waals surface area contributed by atoms with E-state index in [9.17, 15) is 9.59 Å². The number of aliphatic hydroxyl groups is 1. The van der Waals surface area contributed by atoms with Crippen LogP contribution in [0.15, 0.2) is 48.5 Å². The third-order valence-electron chi connectivity index (χ3n) is 3.91. The quantitative estimate of drug-likeness (QED) is 0.244. The number of rotatable bonds is 9. The largest absolute Gasteiger partial charge is 0.464 e. The van der Waals surface area contributed by atoms with Gasteiger partial charge in [-0.3, -0.25) is 4.79 Å². The first-order valence-electron chi connectivity index (χ1n) is 10.2. The van der Waals surface area contributed by atoms with E-state index in [0.717, 1.165) is 16.7 Å². The van der Waals surface area contributed by atoms with Crippen LogP contribution in [0.1, 0.15) is 22.3 Å². The Morgan fingerprint density at radius 2 is 1.54 bits per heavy atom. The minimum Gasteiger partial charge on any atom is -0.464 e. The molecule has 2 rings (SSSR count). The lowest BCUT2D eigenvalue weighted by atomic mass is 10.1. The number of carbonyl (C=O) groups is 2. The molecule has 0 aliphatic rings. The van der Waals surface area contributed by atoms with Crippen LogP contribution < -0.4 is 5.32 Å². The standard InChI is InChI=1S/C13H16N2O3.C8H7NO.C4H5NO2/c1-14-8-13(16)15-7-11-3-5-12(6-4-11)9-18-10-17-2;9-5-7-1-3-8(6-10)4-2-7;1-5-3-4(6)7-2/h3-6H,7-10H2,2H3,(H,15,16);1-4,10H,6H2;3H2,2H3. The van der Waals surface area contributed by atoms with Gasteiger partial charge in [-0.05, 0) is 28.8 Å². The van der Waals surface area contributed by atoms with E-state index >= 15 is 0 Å². The van der Waals surface area contributed by atoms with Crippen LogP contribution in [0.2, 0.25) is 0 Å². The van der Waals surface area contributed by atoms with E-state index in [1.54, 1.807) is 31.4 Å². The number of amides is 1. The van der Waals surface area contributed by atoms with E-state index in [1.165, 1.54) is 7.11 Å². The molecule has 0 spiro atoms. The summed E-state index contributed by atoms with van der Waals surface area (Å²) in [6.45, 7) is 13.7. The van der Waals surface area contributed by atoms with Crippen LogP contribution in [0.3, 0.4) is 0 Å². The monoisotopic (exact) mass is 480 g/mol. The molecule has 1 amide bonds. The molecule has 0 aliphatic heterocycles. The van der Waals surface area contributed by atoms with Crippen LogP contribution in [0.25, 0.3) is 9.69 Å². The second-order valence-electron chi connectivity index (χ2n) is 6.52. The smallest absolute Gasteiger partial charge is 0.386 e. The van der Waals surface area contributed by atoms with Gasteiger partial charge < -0.3 is 34.3 Å². The van der Waals surface area contributed by atoms with Crippen molar-refractivity contribution in [3.05, 3.63) is 93.6 Å². The highest BCUT2D eigenvalue weighted by Gasteiger charge is 2.03. The topological polar surface area (TPSA) is 127 Å². The fourth-order valence-corrected chi connectivity index (χ4v) is 2.14. The molecular formula is C25H28N4O6. The molecular weight excluding hydrogens is 452 g/mol. The zero-order valence-electron chi connectivity index (χ0n) is 19.7. The van der Waals surface area contributed by atoms with Gasteiger partial charge >= 0.3 is 12.5 Å². The average molecular weight is 481 g/mol.